The van der Waals surface area contributed by atoms with Gasteiger partial charge in [-0.15, -0.1) is 0 Å². The monoisotopic (exact) mass is 403 g/mol. The minimum Gasteiger partial charge on any atom is -0.505 e. The van der Waals surface area contributed by atoms with Crippen molar-refractivity contribution >= 4 is 34.4 Å². The second kappa shape index (κ2) is 7.64. The van der Waals surface area contributed by atoms with Crippen LogP contribution in [-0.2, 0) is 4.79 Å². The molecule has 7 heteroatoms. The highest BCUT2D eigenvalue weighted by Gasteiger charge is 2.31. The average Bonchev–Trinajstić information content (AvgIpc) is 2.94. The Bertz CT molecular complexity index is 1090. The average molecular weight is 404 g/mol. The number of nitrogens with zero attached hydrogens (tertiary/aromatic N) is 1. The molecular weight excluding hydrogens is 385 g/mol. The maximum atomic E-state index is 14.9. The van der Waals surface area contributed by atoms with Crippen LogP contribution in [0.2, 0.25) is 5.02 Å². The van der Waals surface area contributed by atoms with Gasteiger partial charge in [-0.3, -0.25) is 14.2 Å². The third-order valence-corrected chi connectivity index (χ3v) is 5.07. The number of hydrogen-bond donors (Lipinski definition) is 2. The van der Waals surface area contributed by atoms with Crippen molar-refractivity contribution in [3.63, 3.8) is 0 Å². The third kappa shape index (κ3) is 3.24. The Morgan fingerprint density at radius 1 is 1.25 bits per heavy atom. The number of fused-ring (bicyclic) bond motifs is 1. The number of rotatable bonds is 5. The van der Waals surface area contributed by atoms with Gasteiger partial charge in [-0.1, -0.05) is 31.0 Å². The van der Waals surface area contributed by atoms with E-state index in [-0.39, 0.29) is 28.5 Å². The van der Waals surface area contributed by atoms with Gasteiger partial charge >= 0.3 is 5.97 Å². The van der Waals surface area contributed by atoms with E-state index in [0.29, 0.717) is 17.1 Å². The fourth-order valence-corrected chi connectivity index (χ4v) is 3.79. The van der Waals surface area contributed by atoms with Crippen LogP contribution >= 0.6 is 11.6 Å². The lowest BCUT2D eigenvalue weighted by Crippen LogP contribution is -2.16. The van der Waals surface area contributed by atoms with Crippen LogP contribution < -0.4 is 0 Å². The standard InChI is InChI=1S/C21H19ClFNO4/c1-3-5-14(21(27)28)17-11(2)24(15-8-9-16(25)19(23)18(15)17)20(26)12-6-4-7-13(22)10-12/h4,6-10,14,25H,3,5H2,1-2H3,(H,27,28)/t14-/m0/s1. The molecule has 0 fully saturated rings. The minimum absolute atomic E-state index is 0.0475. The van der Waals surface area contributed by atoms with Crippen LogP contribution in [0.4, 0.5) is 4.39 Å². The summed E-state index contributed by atoms with van der Waals surface area (Å²) < 4.78 is 16.1. The van der Waals surface area contributed by atoms with Gasteiger partial charge in [-0.05, 0) is 49.2 Å². The van der Waals surface area contributed by atoms with Crippen LogP contribution in [0.25, 0.3) is 10.9 Å². The zero-order valence-corrected chi connectivity index (χ0v) is 16.1. The zero-order valence-electron chi connectivity index (χ0n) is 15.4. The van der Waals surface area contributed by atoms with E-state index in [1.54, 1.807) is 25.1 Å². The van der Waals surface area contributed by atoms with Crippen LogP contribution in [0.1, 0.15) is 47.3 Å². The Morgan fingerprint density at radius 3 is 2.57 bits per heavy atom. The third-order valence-electron chi connectivity index (χ3n) is 4.83. The van der Waals surface area contributed by atoms with E-state index >= 15 is 0 Å². The smallest absolute Gasteiger partial charge is 0.311 e. The molecule has 3 rings (SSSR count). The Hall–Kier alpha value is -2.86. The van der Waals surface area contributed by atoms with E-state index < -0.39 is 29.4 Å². The largest absolute Gasteiger partial charge is 0.505 e. The summed E-state index contributed by atoms with van der Waals surface area (Å²) in [6, 6.07) is 8.89. The molecule has 2 aromatic carbocycles. The highest BCUT2D eigenvalue weighted by atomic mass is 35.5. The van der Waals surface area contributed by atoms with Gasteiger partial charge in [0.2, 0.25) is 0 Å². The molecule has 0 amide bonds. The zero-order chi connectivity index (χ0) is 20.6. The highest BCUT2D eigenvalue weighted by Crippen LogP contribution is 2.39. The first kappa shape index (κ1) is 19.9. The quantitative estimate of drug-likeness (QED) is 0.620. The molecule has 5 nitrogen and oxygen atoms in total. The van der Waals surface area contributed by atoms with E-state index in [0.717, 1.165) is 6.07 Å². The number of phenolic OH excluding ortho intramolecular Hbond substituents is 1. The van der Waals surface area contributed by atoms with E-state index in [1.165, 1.54) is 16.7 Å². The summed E-state index contributed by atoms with van der Waals surface area (Å²) >= 11 is 5.99. The summed E-state index contributed by atoms with van der Waals surface area (Å²) in [4.78, 5) is 25.0. The summed E-state index contributed by atoms with van der Waals surface area (Å²) in [5.74, 6) is -4.10. The molecule has 1 aromatic heterocycles. The van der Waals surface area contributed by atoms with Crippen molar-refractivity contribution in [1.29, 1.82) is 0 Å². The van der Waals surface area contributed by atoms with E-state index in [2.05, 4.69) is 0 Å². The van der Waals surface area contributed by atoms with Gasteiger partial charge in [0, 0.05) is 21.7 Å². The number of phenols is 1. The van der Waals surface area contributed by atoms with Crippen LogP contribution in [0.5, 0.6) is 5.75 Å². The van der Waals surface area contributed by atoms with E-state index in [4.69, 9.17) is 11.6 Å². The van der Waals surface area contributed by atoms with Crippen molar-refractivity contribution in [2.45, 2.75) is 32.6 Å². The number of aliphatic carboxylic acids is 1. The fourth-order valence-electron chi connectivity index (χ4n) is 3.60. The number of aromatic nitrogens is 1. The van der Waals surface area contributed by atoms with Crippen molar-refractivity contribution in [1.82, 2.24) is 4.57 Å². The Kier molecular flexibility index (Phi) is 5.42. The molecule has 0 aliphatic rings. The second-order valence-electron chi connectivity index (χ2n) is 6.62. The van der Waals surface area contributed by atoms with Gasteiger partial charge in [0.25, 0.3) is 5.91 Å². The van der Waals surface area contributed by atoms with E-state index in [1.807, 2.05) is 6.92 Å². The van der Waals surface area contributed by atoms with Gasteiger partial charge in [-0.2, -0.15) is 0 Å². The normalized spacial score (nSPS) is 12.3. The van der Waals surface area contributed by atoms with Gasteiger partial charge in [0.1, 0.15) is 0 Å². The molecule has 0 unspecified atom stereocenters. The molecule has 0 aliphatic carbocycles. The molecule has 28 heavy (non-hydrogen) atoms. The molecule has 0 bridgehead atoms. The molecule has 0 saturated carbocycles. The summed E-state index contributed by atoms with van der Waals surface area (Å²) in [6.45, 7) is 3.41. The second-order valence-corrected chi connectivity index (χ2v) is 7.06. The first-order valence-electron chi connectivity index (χ1n) is 8.83. The van der Waals surface area contributed by atoms with Crippen LogP contribution in [0, 0.1) is 12.7 Å². The van der Waals surface area contributed by atoms with Crippen molar-refractivity contribution in [2.24, 2.45) is 0 Å². The van der Waals surface area contributed by atoms with Gasteiger partial charge in [-0.25, -0.2) is 4.39 Å². The lowest BCUT2D eigenvalue weighted by Gasteiger charge is -2.13. The Morgan fingerprint density at radius 2 is 1.96 bits per heavy atom. The van der Waals surface area contributed by atoms with Crippen molar-refractivity contribution in [2.75, 3.05) is 0 Å². The summed E-state index contributed by atoms with van der Waals surface area (Å²) in [5, 5.41) is 19.9. The minimum atomic E-state index is -1.11. The number of aromatic hydroxyl groups is 1. The van der Waals surface area contributed by atoms with Crippen LogP contribution in [-0.4, -0.2) is 26.7 Å². The lowest BCUT2D eigenvalue weighted by atomic mass is 9.92. The number of benzene rings is 2. The first-order valence-corrected chi connectivity index (χ1v) is 9.21. The Balaban J connectivity index is 2.36. The summed E-state index contributed by atoms with van der Waals surface area (Å²) in [5.41, 5.74) is 1.02. The van der Waals surface area contributed by atoms with E-state index in [9.17, 15) is 24.2 Å². The van der Waals surface area contributed by atoms with Crippen molar-refractivity contribution < 1.29 is 24.2 Å². The number of halogens is 2. The van der Waals surface area contributed by atoms with Crippen molar-refractivity contribution in [3.05, 3.63) is 64.1 Å². The summed E-state index contributed by atoms with van der Waals surface area (Å²) in [6.07, 6.45) is 0.835. The molecule has 0 radical (unpaired) electrons. The number of carboxylic acids is 1. The van der Waals surface area contributed by atoms with Crippen LogP contribution in [0.15, 0.2) is 36.4 Å². The fraction of sp³-hybridized carbons (Fsp3) is 0.238. The highest BCUT2D eigenvalue weighted by molar-refractivity contribution is 6.31. The SMILES string of the molecule is CCC[C@H](C(=O)O)c1c(C)n(C(=O)c2cccc(Cl)c2)c2ccc(O)c(F)c12. The molecule has 146 valence electrons. The topological polar surface area (TPSA) is 79.5 Å². The molecule has 0 spiro atoms. The summed E-state index contributed by atoms with van der Waals surface area (Å²) in [7, 11) is 0. The molecule has 0 aliphatic heterocycles. The maximum Gasteiger partial charge on any atom is 0.311 e. The number of carboxylic acid groups (broad SMARTS) is 1. The predicted molar refractivity (Wildman–Crippen MR) is 105 cm³/mol. The first-order chi connectivity index (χ1) is 13.3. The molecule has 2 N–H and O–H groups in total. The van der Waals surface area contributed by atoms with Crippen LogP contribution in [0.3, 0.4) is 0 Å². The predicted octanol–water partition coefficient (Wildman–Crippen LogP) is 5.10. The number of hydrogen-bond acceptors (Lipinski definition) is 3. The molecule has 3 aromatic rings. The van der Waals surface area contributed by atoms with Gasteiger partial charge in [0.15, 0.2) is 11.6 Å². The lowest BCUT2D eigenvalue weighted by molar-refractivity contribution is -0.139. The molecule has 1 heterocycles. The maximum absolute atomic E-state index is 14.9. The molecule has 1 atom stereocenters. The Labute approximate surface area is 166 Å². The van der Waals surface area contributed by atoms with Gasteiger partial charge < -0.3 is 10.2 Å². The molecule has 0 saturated heterocycles. The number of carbonyl (C=O) groups is 2. The van der Waals surface area contributed by atoms with Crippen molar-refractivity contribution in [3.8, 4) is 5.75 Å². The number of carbonyl (C=O) groups excluding carboxylic acids is 1. The van der Waals surface area contributed by atoms with Gasteiger partial charge in [0.05, 0.1) is 11.4 Å². The molecular formula is C21H19ClFNO4.